The quantitative estimate of drug-likeness (QED) is 0.474. The predicted octanol–water partition coefficient (Wildman–Crippen LogP) is 4.40. The minimum absolute atomic E-state index is 0.0154. The van der Waals surface area contributed by atoms with Gasteiger partial charge in [0.05, 0.1) is 9.85 Å². The lowest BCUT2D eigenvalue weighted by Gasteiger charge is -2.12. The van der Waals surface area contributed by atoms with Crippen LogP contribution in [0.4, 0.5) is 34.4 Å². The van der Waals surface area contributed by atoms with Crippen molar-refractivity contribution in [3.63, 3.8) is 0 Å². The number of aryl methyl sites for hydroxylation is 1. The van der Waals surface area contributed by atoms with Gasteiger partial charge in [0, 0.05) is 23.5 Å². The molecule has 0 amide bonds. The molecule has 0 saturated heterocycles. The van der Waals surface area contributed by atoms with E-state index < -0.39 is 9.85 Å². The fourth-order valence-electron chi connectivity index (χ4n) is 2.58. The third kappa shape index (κ3) is 3.85. The highest BCUT2D eigenvalue weighted by atomic mass is 16.6. The molecule has 0 saturated carbocycles. The summed E-state index contributed by atoms with van der Waals surface area (Å²) in [6.45, 7) is 3.83. The standard InChI is InChI=1S/C18H16N6O4/c1-11-5-3-8-15(12(11)2)22-18-16(24(27)28)17(19-10-20-18)21-13-6-4-7-14(9-13)23(25)26/h3-10H,1-2H3,(H2,19,20,21,22). The van der Waals surface area contributed by atoms with Gasteiger partial charge in [-0.15, -0.1) is 0 Å². The maximum atomic E-state index is 11.7. The number of nitrogens with one attached hydrogen (secondary N) is 2. The highest BCUT2D eigenvalue weighted by Crippen LogP contribution is 2.34. The van der Waals surface area contributed by atoms with Gasteiger partial charge in [0.15, 0.2) is 0 Å². The molecule has 0 bridgehead atoms. The van der Waals surface area contributed by atoms with Gasteiger partial charge in [-0.2, -0.15) is 0 Å². The number of benzene rings is 2. The number of nitro benzene ring substituents is 1. The van der Waals surface area contributed by atoms with Crippen LogP contribution < -0.4 is 10.6 Å². The second-order valence-corrected chi connectivity index (χ2v) is 5.98. The van der Waals surface area contributed by atoms with Crippen LogP contribution in [0.15, 0.2) is 48.8 Å². The van der Waals surface area contributed by atoms with Gasteiger partial charge >= 0.3 is 5.69 Å². The van der Waals surface area contributed by atoms with Gasteiger partial charge in [0.2, 0.25) is 11.6 Å². The summed E-state index contributed by atoms with van der Waals surface area (Å²) in [5.41, 5.74) is 2.43. The average Bonchev–Trinajstić information content (AvgIpc) is 2.65. The van der Waals surface area contributed by atoms with Crippen LogP contribution >= 0.6 is 0 Å². The topological polar surface area (TPSA) is 136 Å². The minimum atomic E-state index is -0.604. The molecule has 2 N–H and O–H groups in total. The Kier molecular flexibility index (Phi) is 5.12. The van der Waals surface area contributed by atoms with E-state index >= 15 is 0 Å². The first-order chi connectivity index (χ1) is 13.4. The molecule has 1 aromatic heterocycles. The molecule has 0 atom stereocenters. The number of rotatable bonds is 6. The van der Waals surface area contributed by atoms with Crippen molar-refractivity contribution >= 4 is 34.4 Å². The first kappa shape index (κ1) is 18.7. The van der Waals surface area contributed by atoms with E-state index in [4.69, 9.17) is 0 Å². The number of nitrogens with zero attached hydrogens (tertiary/aromatic N) is 4. The molecular formula is C18H16N6O4. The van der Waals surface area contributed by atoms with Crippen LogP contribution in [0.5, 0.6) is 0 Å². The number of non-ortho nitro benzene ring substituents is 1. The van der Waals surface area contributed by atoms with Crippen molar-refractivity contribution in [2.75, 3.05) is 10.6 Å². The Morgan fingerprint density at radius 3 is 2.25 bits per heavy atom. The van der Waals surface area contributed by atoms with Crippen molar-refractivity contribution in [3.05, 3.63) is 80.1 Å². The maximum Gasteiger partial charge on any atom is 0.353 e. The van der Waals surface area contributed by atoms with Crippen molar-refractivity contribution in [3.8, 4) is 0 Å². The molecule has 28 heavy (non-hydrogen) atoms. The highest BCUT2D eigenvalue weighted by molar-refractivity contribution is 5.78. The van der Waals surface area contributed by atoms with Gasteiger partial charge in [-0.25, -0.2) is 9.97 Å². The van der Waals surface area contributed by atoms with Crippen molar-refractivity contribution in [2.45, 2.75) is 13.8 Å². The van der Waals surface area contributed by atoms with Crippen molar-refractivity contribution in [1.29, 1.82) is 0 Å². The molecule has 142 valence electrons. The van der Waals surface area contributed by atoms with E-state index in [1.165, 1.54) is 24.5 Å². The van der Waals surface area contributed by atoms with Crippen LogP contribution in [0, 0.1) is 34.1 Å². The number of anilines is 4. The van der Waals surface area contributed by atoms with Gasteiger partial charge in [0.1, 0.15) is 6.33 Å². The Bertz CT molecular complexity index is 1070. The molecular weight excluding hydrogens is 364 g/mol. The lowest BCUT2D eigenvalue weighted by molar-refractivity contribution is -0.384. The van der Waals surface area contributed by atoms with Crippen molar-refractivity contribution in [2.24, 2.45) is 0 Å². The zero-order valence-corrected chi connectivity index (χ0v) is 15.0. The first-order valence-corrected chi connectivity index (χ1v) is 8.21. The van der Waals surface area contributed by atoms with Crippen LogP contribution in [0.2, 0.25) is 0 Å². The SMILES string of the molecule is Cc1cccc(Nc2ncnc(Nc3cccc([N+](=O)[O-])c3)c2[N+](=O)[O-])c1C. The zero-order valence-electron chi connectivity index (χ0n) is 15.0. The third-order valence-electron chi connectivity index (χ3n) is 4.18. The van der Waals surface area contributed by atoms with E-state index in [0.717, 1.165) is 11.1 Å². The van der Waals surface area contributed by atoms with E-state index in [1.807, 2.05) is 26.0 Å². The van der Waals surface area contributed by atoms with E-state index in [2.05, 4.69) is 20.6 Å². The Morgan fingerprint density at radius 2 is 1.57 bits per heavy atom. The van der Waals surface area contributed by atoms with Gasteiger partial charge in [-0.3, -0.25) is 20.2 Å². The van der Waals surface area contributed by atoms with Crippen LogP contribution in [0.1, 0.15) is 11.1 Å². The van der Waals surface area contributed by atoms with E-state index in [0.29, 0.717) is 11.4 Å². The molecule has 0 unspecified atom stereocenters. The zero-order chi connectivity index (χ0) is 20.3. The highest BCUT2D eigenvalue weighted by Gasteiger charge is 2.24. The Labute approximate surface area is 159 Å². The van der Waals surface area contributed by atoms with E-state index in [9.17, 15) is 20.2 Å². The monoisotopic (exact) mass is 380 g/mol. The molecule has 10 nitrogen and oxygen atoms in total. The minimum Gasteiger partial charge on any atom is -0.334 e. The summed E-state index contributed by atoms with van der Waals surface area (Å²) in [6.07, 6.45) is 1.18. The van der Waals surface area contributed by atoms with Crippen molar-refractivity contribution in [1.82, 2.24) is 9.97 Å². The summed E-state index contributed by atoms with van der Waals surface area (Å²) in [5, 5.41) is 28.4. The van der Waals surface area contributed by atoms with Gasteiger partial charge in [-0.1, -0.05) is 18.2 Å². The second kappa shape index (κ2) is 7.66. The number of aromatic nitrogens is 2. The van der Waals surface area contributed by atoms with Crippen LogP contribution in [0.3, 0.4) is 0 Å². The van der Waals surface area contributed by atoms with Gasteiger partial charge in [-0.05, 0) is 37.1 Å². The van der Waals surface area contributed by atoms with Gasteiger partial charge < -0.3 is 10.6 Å². The molecule has 3 rings (SSSR count). The molecule has 0 fully saturated rings. The summed E-state index contributed by atoms with van der Waals surface area (Å²) in [7, 11) is 0. The number of hydrogen-bond donors (Lipinski definition) is 2. The Balaban J connectivity index is 2.00. The fourth-order valence-corrected chi connectivity index (χ4v) is 2.58. The smallest absolute Gasteiger partial charge is 0.334 e. The molecule has 0 aliphatic rings. The summed E-state index contributed by atoms with van der Waals surface area (Å²) in [6, 6.07) is 11.2. The predicted molar refractivity (Wildman–Crippen MR) is 104 cm³/mol. The summed E-state index contributed by atoms with van der Waals surface area (Å²) >= 11 is 0. The van der Waals surface area contributed by atoms with Crippen LogP contribution in [-0.2, 0) is 0 Å². The number of nitro groups is 2. The largest absolute Gasteiger partial charge is 0.353 e. The summed E-state index contributed by atoms with van der Waals surface area (Å²) in [5.74, 6) is -0.0602. The summed E-state index contributed by atoms with van der Waals surface area (Å²) < 4.78 is 0. The lowest BCUT2D eigenvalue weighted by Crippen LogP contribution is -2.06. The molecule has 1 heterocycles. The average molecular weight is 380 g/mol. The number of hydrogen-bond acceptors (Lipinski definition) is 8. The Hall–Kier alpha value is -4.08. The van der Waals surface area contributed by atoms with Crippen molar-refractivity contribution < 1.29 is 9.85 Å². The van der Waals surface area contributed by atoms with E-state index in [-0.39, 0.29) is 23.0 Å². The molecule has 3 aromatic rings. The first-order valence-electron chi connectivity index (χ1n) is 8.21. The van der Waals surface area contributed by atoms with Crippen LogP contribution in [0.25, 0.3) is 0 Å². The van der Waals surface area contributed by atoms with Gasteiger partial charge in [0.25, 0.3) is 5.69 Å². The molecule has 0 aliphatic carbocycles. The van der Waals surface area contributed by atoms with E-state index in [1.54, 1.807) is 12.1 Å². The molecule has 0 aliphatic heterocycles. The van der Waals surface area contributed by atoms with Crippen LogP contribution in [-0.4, -0.2) is 19.8 Å². The second-order valence-electron chi connectivity index (χ2n) is 5.98. The normalized spacial score (nSPS) is 10.4. The lowest BCUT2D eigenvalue weighted by atomic mass is 10.1. The molecule has 0 spiro atoms. The fraction of sp³-hybridized carbons (Fsp3) is 0.111. The summed E-state index contributed by atoms with van der Waals surface area (Å²) in [4.78, 5) is 29.4. The Morgan fingerprint density at radius 1 is 0.893 bits per heavy atom. The maximum absolute atomic E-state index is 11.7. The molecule has 0 radical (unpaired) electrons. The third-order valence-corrected chi connectivity index (χ3v) is 4.18. The molecule has 10 heteroatoms. The molecule has 2 aromatic carbocycles.